The Hall–Kier alpha value is -2.01. The highest BCUT2D eigenvalue weighted by Crippen LogP contribution is 2.20. The SMILES string of the molecule is CC(C)Cn1c(CN(CCN2CCOCC2)C(=S)NC(C)C)cnc1S(=O)(=O)Cc1ccccc1. The Balaban J connectivity index is 1.85. The minimum atomic E-state index is -3.61. The fraction of sp³-hybridized carbons (Fsp3) is 0.600. The van der Waals surface area contributed by atoms with E-state index in [9.17, 15) is 8.42 Å². The first-order chi connectivity index (χ1) is 16.7. The maximum atomic E-state index is 13.4. The van der Waals surface area contributed by atoms with Crippen molar-refractivity contribution in [3.63, 3.8) is 0 Å². The minimum Gasteiger partial charge on any atom is -0.379 e. The minimum absolute atomic E-state index is 0.0730. The first-order valence-electron chi connectivity index (χ1n) is 12.3. The molecule has 0 saturated carbocycles. The van der Waals surface area contributed by atoms with Gasteiger partial charge in [-0.3, -0.25) is 4.90 Å². The molecule has 2 aromatic rings. The number of hydrogen-bond acceptors (Lipinski definition) is 6. The number of ether oxygens (including phenoxy) is 1. The largest absolute Gasteiger partial charge is 0.379 e. The number of aromatic nitrogens is 2. The van der Waals surface area contributed by atoms with E-state index in [0.717, 1.165) is 50.7 Å². The number of sulfone groups is 1. The molecule has 2 heterocycles. The van der Waals surface area contributed by atoms with E-state index in [1.165, 1.54) is 0 Å². The number of imidazole rings is 1. The van der Waals surface area contributed by atoms with E-state index in [1.807, 2.05) is 34.9 Å². The van der Waals surface area contributed by atoms with Crippen LogP contribution >= 0.6 is 12.2 Å². The Kier molecular flexibility index (Phi) is 10.1. The molecule has 1 fully saturated rings. The van der Waals surface area contributed by atoms with Crippen molar-refractivity contribution in [1.82, 2.24) is 24.7 Å². The van der Waals surface area contributed by atoms with Gasteiger partial charge in [-0.1, -0.05) is 44.2 Å². The van der Waals surface area contributed by atoms with E-state index in [4.69, 9.17) is 17.0 Å². The van der Waals surface area contributed by atoms with Gasteiger partial charge in [0, 0.05) is 38.8 Å². The lowest BCUT2D eigenvalue weighted by Crippen LogP contribution is -2.47. The van der Waals surface area contributed by atoms with Crippen molar-refractivity contribution in [3.05, 3.63) is 47.8 Å². The fourth-order valence-electron chi connectivity index (χ4n) is 4.06. The first kappa shape index (κ1) is 27.6. The average molecular weight is 522 g/mol. The van der Waals surface area contributed by atoms with Crippen LogP contribution in [0.1, 0.15) is 39.0 Å². The van der Waals surface area contributed by atoms with Crippen molar-refractivity contribution in [2.24, 2.45) is 5.92 Å². The maximum absolute atomic E-state index is 13.4. The van der Waals surface area contributed by atoms with Crippen LogP contribution in [0.5, 0.6) is 0 Å². The smallest absolute Gasteiger partial charge is 0.228 e. The lowest BCUT2D eigenvalue weighted by Gasteiger charge is -2.32. The van der Waals surface area contributed by atoms with Gasteiger partial charge in [-0.2, -0.15) is 0 Å². The molecule has 1 aromatic carbocycles. The van der Waals surface area contributed by atoms with E-state index >= 15 is 0 Å². The van der Waals surface area contributed by atoms with E-state index < -0.39 is 9.84 Å². The summed E-state index contributed by atoms with van der Waals surface area (Å²) in [6, 6.07) is 9.45. The highest BCUT2D eigenvalue weighted by atomic mass is 32.2. The van der Waals surface area contributed by atoms with Gasteiger partial charge in [0.1, 0.15) is 0 Å². The van der Waals surface area contributed by atoms with Crippen LogP contribution in [0.3, 0.4) is 0 Å². The monoisotopic (exact) mass is 521 g/mol. The molecule has 8 nitrogen and oxygen atoms in total. The number of morpholine rings is 1. The van der Waals surface area contributed by atoms with Crippen molar-refractivity contribution in [1.29, 1.82) is 0 Å². The van der Waals surface area contributed by atoms with E-state index in [-0.39, 0.29) is 22.9 Å². The molecule has 1 aliphatic rings. The zero-order chi connectivity index (χ0) is 25.4. The molecule has 0 spiro atoms. The summed E-state index contributed by atoms with van der Waals surface area (Å²) in [6.07, 6.45) is 1.69. The predicted octanol–water partition coefficient (Wildman–Crippen LogP) is 2.93. The number of thiocarbonyl (C=S) groups is 1. The Labute approximate surface area is 215 Å². The van der Waals surface area contributed by atoms with Gasteiger partial charge in [0.15, 0.2) is 5.11 Å². The topological polar surface area (TPSA) is 79.7 Å². The quantitative estimate of drug-likeness (QED) is 0.452. The second-order valence-corrected chi connectivity index (χ2v) is 12.0. The molecule has 35 heavy (non-hydrogen) atoms. The van der Waals surface area contributed by atoms with Crippen molar-refractivity contribution < 1.29 is 13.2 Å². The normalized spacial score (nSPS) is 15.0. The van der Waals surface area contributed by atoms with Crippen LogP contribution < -0.4 is 5.32 Å². The van der Waals surface area contributed by atoms with Crippen LogP contribution in [0, 0.1) is 5.92 Å². The highest BCUT2D eigenvalue weighted by Gasteiger charge is 2.26. The van der Waals surface area contributed by atoms with E-state index in [0.29, 0.717) is 18.2 Å². The third kappa shape index (κ3) is 8.27. The molecule has 0 atom stereocenters. The molecule has 1 saturated heterocycles. The molecule has 194 valence electrons. The lowest BCUT2D eigenvalue weighted by molar-refractivity contribution is 0.0356. The van der Waals surface area contributed by atoms with Crippen LogP contribution in [-0.2, 0) is 33.4 Å². The van der Waals surface area contributed by atoms with Gasteiger partial charge in [-0.05, 0) is 37.5 Å². The number of benzene rings is 1. The summed E-state index contributed by atoms with van der Waals surface area (Å²) in [7, 11) is -3.61. The maximum Gasteiger partial charge on any atom is 0.228 e. The summed E-state index contributed by atoms with van der Waals surface area (Å²) >= 11 is 5.74. The summed E-state index contributed by atoms with van der Waals surface area (Å²) < 4.78 is 34.1. The number of hydrogen-bond donors (Lipinski definition) is 1. The lowest BCUT2D eigenvalue weighted by atomic mass is 10.2. The zero-order valence-electron chi connectivity index (χ0n) is 21.3. The van der Waals surface area contributed by atoms with E-state index in [2.05, 4.69) is 47.8 Å². The molecule has 1 aliphatic heterocycles. The van der Waals surface area contributed by atoms with E-state index in [1.54, 1.807) is 6.20 Å². The van der Waals surface area contributed by atoms with Crippen LogP contribution in [-0.4, -0.2) is 78.3 Å². The third-order valence-electron chi connectivity index (χ3n) is 5.77. The number of rotatable bonds is 11. The van der Waals surface area contributed by atoms with Gasteiger partial charge < -0.3 is 19.5 Å². The zero-order valence-corrected chi connectivity index (χ0v) is 22.9. The molecular weight excluding hydrogens is 482 g/mol. The molecular formula is C25H39N5O3S2. The first-order valence-corrected chi connectivity index (χ1v) is 14.4. The van der Waals surface area contributed by atoms with Gasteiger partial charge in [0.25, 0.3) is 0 Å². The van der Waals surface area contributed by atoms with Crippen molar-refractivity contribution in [2.45, 2.75) is 57.7 Å². The standard InChI is InChI=1S/C25H39N5O3S2/c1-20(2)17-30-23(16-26-25(30)35(31,32)19-22-8-6-5-7-9-22)18-29(24(34)27-21(3)4)11-10-28-12-14-33-15-13-28/h5-9,16,20-21H,10-15,17-19H2,1-4H3,(H,27,34). The molecule has 0 bridgehead atoms. The number of nitrogens with one attached hydrogen (secondary N) is 1. The molecule has 0 aliphatic carbocycles. The van der Waals surface area contributed by atoms with Crippen LogP contribution in [0.25, 0.3) is 0 Å². The molecule has 10 heteroatoms. The second kappa shape index (κ2) is 12.8. The second-order valence-electron chi connectivity index (χ2n) is 9.76. The predicted molar refractivity (Wildman–Crippen MR) is 143 cm³/mol. The summed E-state index contributed by atoms with van der Waals surface area (Å²) in [5, 5.41) is 4.14. The summed E-state index contributed by atoms with van der Waals surface area (Å²) in [5.41, 5.74) is 1.60. The van der Waals surface area contributed by atoms with Gasteiger partial charge in [0.2, 0.25) is 15.0 Å². The van der Waals surface area contributed by atoms with Crippen LogP contribution in [0.15, 0.2) is 41.7 Å². The Morgan fingerprint density at radius 2 is 1.86 bits per heavy atom. The summed E-state index contributed by atoms with van der Waals surface area (Å²) in [6.45, 7) is 14.3. The van der Waals surface area contributed by atoms with Gasteiger partial charge in [-0.15, -0.1) is 0 Å². The summed E-state index contributed by atoms with van der Waals surface area (Å²) in [5.74, 6) is 0.187. The van der Waals surface area contributed by atoms with Gasteiger partial charge in [-0.25, -0.2) is 13.4 Å². The van der Waals surface area contributed by atoms with Crippen LogP contribution in [0.4, 0.5) is 0 Å². The van der Waals surface area contributed by atoms with Crippen molar-refractivity contribution >= 4 is 27.2 Å². The molecule has 0 amide bonds. The Morgan fingerprint density at radius 1 is 1.17 bits per heavy atom. The average Bonchev–Trinajstić information content (AvgIpc) is 3.19. The Bertz CT molecular complexity index is 1050. The molecule has 1 aromatic heterocycles. The van der Waals surface area contributed by atoms with Crippen molar-refractivity contribution in [3.8, 4) is 0 Å². The Morgan fingerprint density at radius 3 is 2.49 bits per heavy atom. The third-order valence-corrected chi connectivity index (χ3v) is 7.74. The highest BCUT2D eigenvalue weighted by molar-refractivity contribution is 7.90. The van der Waals surface area contributed by atoms with Gasteiger partial charge >= 0.3 is 0 Å². The number of nitrogens with zero attached hydrogens (tertiary/aromatic N) is 4. The molecule has 3 rings (SSSR count). The fourth-order valence-corrected chi connectivity index (χ4v) is 5.95. The van der Waals surface area contributed by atoms with Crippen molar-refractivity contribution in [2.75, 3.05) is 39.4 Å². The summed E-state index contributed by atoms with van der Waals surface area (Å²) in [4.78, 5) is 8.91. The molecule has 0 radical (unpaired) electrons. The van der Waals surface area contributed by atoms with Crippen LogP contribution in [0.2, 0.25) is 0 Å². The molecule has 0 unspecified atom stereocenters. The van der Waals surface area contributed by atoms with Gasteiger partial charge in [0.05, 0.1) is 37.4 Å². The molecule has 1 N–H and O–H groups in total.